The number of amides is 1. The van der Waals surface area contributed by atoms with E-state index in [9.17, 15) is 9.59 Å². The van der Waals surface area contributed by atoms with Gasteiger partial charge in [0.15, 0.2) is 0 Å². The Labute approximate surface area is 98.4 Å². The third-order valence-electron chi connectivity index (χ3n) is 3.18. The van der Waals surface area contributed by atoms with Crippen LogP contribution in [0.5, 0.6) is 0 Å². The summed E-state index contributed by atoms with van der Waals surface area (Å²) in [6.45, 7) is 0.475. The van der Waals surface area contributed by atoms with Crippen LogP contribution in [0.1, 0.15) is 29.8 Å². The molecule has 2 rings (SSSR count). The summed E-state index contributed by atoms with van der Waals surface area (Å²) in [5.41, 5.74) is -0.332. The quantitative estimate of drug-likeness (QED) is 0.776. The summed E-state index contributed by atoms with van der Waals surface area (Å²) in [5, 5.41) is 8.64. The number of nitrogens with one attached hydrogen (secondary N) is 2. The first kappa shape index (κ1) is 11.8. The number of methoxy groups -OCH3 is 1. The molecular weight excluding hydrogens is 222 g/mol. The standard InChI is InChI=1S/C11H15N3O3/c1-17-11(5-2-6-11)7-12-10(16)8-3-4-9(15)14-13-8/h3-4H,2,5-7H2,1H3,(H,12,16)(H,14,15). The van der Waals surface area contributed by atoms with E-state index in [4.69, 9.17) is 4.74 Å². The molecule has 1 aromatic rings. The zero-order valence-corrected chi connectivity index (χ0v) is 9.66. The normalized spacial score (nSPS) is 17.2. The molecule has 1 heterocycles. The number of aromatic nitrogens is 2. The highest BCUT2D eigenvalue weighted by Crippen LogP contribution is 2.34. The average Bonchev–Trinajstić information content (AvgIpc) is 2.29. The van der Waals surface area contributed by atoms with Crippen molar-refractivity contribution in [2.24, 2.45) is 0 Å². The topological polar surface area (TPSA) is 84.1 Å². The van der Waals surface area contributed by atoms with Crippen LogP contribution in [0.15, 0.2) is 16.9 Å². The first-order valence-electron chi connectivity index (χ1n) is 5.54. The van der Waals surface area contributed by atoms with Crippen molar-refractivity contribution in [3.63, 3.8) is 0 Å². The summed E-state index contributed by atoms with van der Waals surface area (Å²) in [6, 6.07) is 2.67. The summed E-state index contributed by atoms with van der Waals surface area (Å²) in [6.07, 6.45) is 3.05. The average molecular weight is 237 g/mol. The van der Waals surface area contributed by atoms with Crippen LogP contribution in [0, 0.1) is 0 Å². The second-order valence-corrected chi connectivity index (χ2v) is 4.23. The molecule has 1 amide bonds. The Morgan fingerprint density at radius 3 is 2.82 bits per heavy atom. The fraction of sp³-hybridized carbons (Fsp3) is 0.545. The first-order chi connectivity index (χ1) is 8.15. The Balaban J connectivity index is 1.93. The van der Waals surface area contributed by atoms with Gasteiger partial charge in [-0.05, 0) is 25.3 Å². The predicted octanol–water partition coefficient (Wildman–Crippen LogP) is 0.0688. The number of nitrogens with zero attached hydrogens (tertiary/aromatic N) is 1. The largest absolute Gasteiger partial charge is 0.376 e. The van der Waals surface area contributed by atoms with E-state index in [0.717, 1.165) is 19.3 Å². The Kier molecular flexibility index (Phi) is 3.23. The zero-order chi connectivity index (χ0) is 12.3. The summed E-state index contributed by atoms with van der Waals surface area (Å²) >= 11 is 0. The third kappa shape index (κ3) is 2.52. The zero-order valence-electron chi connectivity index (χ0n) is 9.66. The minimum absolute atomic E-state index is 0.204. The molecule has 0 aromatic carbocycles. The molecule has 0 unspecified atom stereocenters. The Morgan fingerprint density at radius 2 is 2.35 bits per heavy atom. The lowest BCUT2D eigenvalue weighted by molar-refractivity contribution is -0.0679. The highest BCUT2D eigenvalue weighted by Gasteiger charge is 2.37. The molecule has 6 heteroatoms. The lowest BCUT2D eigenvalue weighted by Gasteiger charge is -2.40. The van der Waals surface area contributed by atoms with Gasteiger partial charge in [0.2, 0.25) is 0 Å². The molecule has 2 N–H and O–H groups in total. The SMILES string of the molecule is COC1(CNC(=O)c2ccc(=O)[nH]n2)CCC1. The van der Waals surface area contributed by atoms with Gasteiger partial charge in [-0.3, -0.25) is 9.59 Å². The smallest absolute Gasteiger partial charge is 0.271 e. The molecule has 1 aromatic heterocycles. The number of carbonyl (C=O) groups is 1. The number of hydrogen-bond acceptors (Lipinski definition) is 4. The van der Waals surface area contributed by atoms with Crippen molar-refractivity contribution in [2.45, 2.75) is 24.9 Å². The van der Waals surface area contributed by atoms with Gasteiger partial charge in [-0.1, -0.05) is 0 Å². The lowest BCUT2D eigenvalue weighted by Crippen LogP contribution is -2.49. The van der Waals surface area contributed by atoms with Crippen LogP contribution < -0.4 is 10.9 Å². The second kappa shape index (κ2) is 4.67. The Morgan fingerprint density at radius 1 is 1.59 bits per heavy atom. The lowest BCUT2D eigenvalue weighted by atomic mass is 9.80. The van der Waals surface area contributed by atoms with Crippen molar-refractivity contribution in [1.29, 1.82) is 0 Å². The molecule has 0 saturated heterocycles. The fourth-order valence-electron chi connectivity index (χ4n) is 1.83. The molecule has 0 spiro atoms. The van der Waals surface area contributed by atoms with Crippen LogP contribution in [0.2, 0.25) is 0 Å². The summed E-state index contributed by atoms with van der Waals surface area (Å²) < 4.78 is 5.39. The van der Waals surface area contributed by atoms with Gasteiger partial charge in [0.25, 0.3) is 11.5 Å². The van der Waals surface area contributed by atoms with Crippen molar-refractivity contribution in [3.8, 4) is 0 Å². The molecule has 1 aliphatic rings. The molecule has 1 fully saturated rings. The highest BCUT2D eigenvalue weighted by molar-refractivity contribution is 5.92. The van der Waals surface area contributed by atoms with Crippen LogP contribution >= 0.6 is 0 Å². The minimum Gasteiger partial charge on any atom is -0.376 e. The van der Waals surface area contributed by atoms with Crippen LogP contribution in [0.25, 0.3) is 0 Å². The molecule has 1 aliphatic carbocycles. The molecule has 17 heavy (non-hydrogen) atoms. The van der Waals surface area contributed by atoms with Crippen molar-refractivity contribution in [2.75, 3.05) is 13.7 Å². The maximum atomic E-state index is 11.7. The predicted molar refractivity (Wildman–Crippen MR) is 60.8 cm³/mol. The molecule has 1 saturated carbocycles. The van der Waals surface area contributed by atoms with Gasteiger partial charge in [-0.25, -0.2) is 5.10 Å². The number of H-pyrrole nitrogens is 1. The highest BCUT2D eigenvalue weighted by atomic mass is 16.5. The number of ether oxygens (including phenoxy) is 1. The Bertz CT molecular complexity index is 439. The summed E-state index contributed by atoms with van der Waals surface area (Å²) in [7, 11) is 1.66. The number of rotatable bonds is 4. The fourth-order valence-corrected chi connectivity index (χ4v) is 1.83. The van der Waals surface area contributed by atoms with Gasteiger partial charge in [-0.2, -0.15) is 5.10 Å². The number of carbonyl (C=O) groups excluding carboxylic acids is 1. The maximum Gasteiger partial charge on any atom is 0.271 e. The van der Waals surface area contributed by atoms with Crippen molar-refractivity contribution in [3.05, 3.63) is 28.2 Å². The molecule has 92 valence electrons. The van der Waals surface area contributed by atoms with E-state index in [-0.39, 0.29) is 22.8 Å². The van der Waals surface area contributed by atoms with Crippen molar-refractivity contribution >= 4 is 5.91 Å². The van der Waals surface area contributed by atoms with E-state index >= 15 is 0 Å². The van der Waals surface area contributed by atoms with Crippen molar-refractivity contribution in [1.82, 2.24) is 15.5 Å². The molecular formula is C11H15N3O3. The van der Waals surface area contributed by atoms with Crippen LogP contribution in [0.4, 0.5) is 0 Å². The van der Waals surface area contributed by atoms with Gasteiger partial charge in [0.1, 0.15) is 5.69 Å². The molecule has 0 bridgehead atoms. The van der Waals surface area contributed by atoms with Gasteiger partial charge in [-0.15, -0.1) is 0 Å². The molecule has 0 aliphatic heterocycles. The monoisotopic (exact) mass is 237 g/mol. The van der Waals surface area contributed by atoms with Crippen LogP contribution in [-0.2, 0) is 4.74 Å². The van der Waals surface area contributed by atoms with Crippen molar-refractivity contribution < 1.29 is 9.53 Å². The van der Waals surface area contributed by atoms with E-state index in [1.54, 1.807) is 7.11 Å². The maximum absolute atomic E-state index is 11.7. The van der Waals surface area contributed by atoms with E-state index in [1.807, 2.05) is 0 Å². The van der Waals surface area contributed by atoms with E-state index < -0.39 is 0 Å². The third-order valence-corrected chi connectivity index (χ3v) is 3.18. The van der Waals surface area contributed by atoms with Gasteiger partial charge in [0, 0.05) is 19.7 Å². The van der Waals surface area contributed by atoms with Gasteiger partial charge < -0.3 is 10.1 Å². The minimum atomic E-state index is -0.325. The van der Waals surface area contributed by atoms with E-state index in [2.05, 4.69) is 15.5 Å². The van der Waals surface area contributed by atoms with Gasteiger partial charge >= 0.3 is 0 Å². The van der Waals surface area contributed by atoms with E-state index in [0.29, 0.717) is 6.54 Å². The van der Waals surface area contributed by atoms with Crippen LogP contribution in [-0.4, -0.2) is 35.4 Å². The molecule has 0 atom stereocenters. The van der Waals surface area contributed by atoms with E-state index in [1.165, 1.54) is 12.1 Å². The number of hydrogen-bond donors (Lipinski definition) is 2. The summed E-state index contributed by atoms with van der Waals surface area (Å²) in [5.74, 6) is -0.301. The molecule has 0 radical (unpaired) electrons. The number of aromatic amines is 1. The van der Waals surface area contributed by atoms with Gasteiger partial charge in [0.05, 0.1) is 5.60 Å². The Hall–Kier alpha value is -1.69. The molecule has 6 nitrogen and oxygen atoms in total. The van der Waals surface area contributed by atoms with Crippen LogP contribution in [0.3, 0.4) is 0 Å². The first-order valence-corrected chi connectivity index (χ1v) is 5.54. The summed E-state index contributed by atoms with van der Waals surface area (Å²) in [4.78, 5) is 22.5. The second-order valence-electron chi connectivity index (χ2n) is 4.23.